The lowest BCUT2D eigenvalue weighted by Gasteiger charge is -2.20. The number of hydrogen-bond donors (Lipinski definition) is 2. The number of rotatable bonds is 7. The van der Waals surface area contributed by atoms with E-state index >= 15 is 0 Å². The van der Waals surface area contributed by atoms with E-state index in [1.165, 1.54) is 0 Å². The van der Waals surface area contributed by atoms with Gasteiger partial charge in [-0.25, -0.2) is 0 Å². The molecule has 0 aliphatic heterocycles. The van der Waals surface area contributed by atoms with Gasteiger partial charge in [0.25, 0.3) is 0 Å². The first-order valence-corrected chi connectivity index (χ1v) is 7.44. The summed E-state index contributed by atoms with van der Waals surface area (Å²) in [6.07, 6.45) is 3.78. The van der Waals surface area contributed by atoms with Gasteiger partial charge in [0, 0.05) is 6.04 Å². The van der Waals surface area contributed by atoms with Gasteiger partial charge in [-0.05, 0) is 31.2 Å². The second-order valence-electron chi connectivity index (χ2n) is 4.58. The van der Waals surface area contributed by atoms with Crippen molar-refractivity contribution in [3.8, 4) is 0 Å². The second-order valence-corrected chi connectivity index (χ2v) is 5.02. The van der Waals surface area contributed by atoms with Gasteiger partial charge in [0.05, 0.1) is 11.3 Å². The van der Waals surface area contributed by atoms with E-state index in [9.17, 15) is 0 Å². The SMILES string of the molecule is CCc1nnc(NC(CC)CC)c(C(N)=S)c1CC. The highest BCUT2D eigenvalue weighted by molar-refractivity contribution is 7.80. The number of aryl methyl sites for hydroxylation is 1. The minimum Gasteiger partial charge on any atom is -0.389 e. The van der Waals surface area contributed by atoms with Crippen molar-refractivity contribution in [1.82, 2.24) is 10.2 Å². The van der Waals surface area contributed by atoms with Crippen molar-refractivity contribution in [1.29, 1.82) is 0 Å². The number of nitrogens with one attached hydrogen (secondary N) is 1. The predicted octanol–water partition coefficient (Wildman–Crippen LogP) is 2.84. The molecule has 1 aromatic rings. The van der Waals surface area contributed by atoms with Crippen LogP contribution in [0.15, 0.2) is 0 Å². The third-order valence-electron chi connectivity index (χ3n) is 3.42. The third kappa shape index (κ3) is 3.62. The first-order chi connectivity index (χ1) is 9.08. The summed E-state index contributed by atoms with van der Waals surface area (Å²) in [4.78, 5) is 0.398. The maximum Gasteiger partial charge on any atom is 0.159 e. The standard InChI is InChI=1S/C14H24N4S/c1-5-9(6-2)16-14-12(13(15)19)10(7-3)11(8-4)17-18-14/h9H,5-8H2,1-4H3,(H2,15,19)(H,16,18). The Hall–Kier alpha value is -1.23. The number of nitrogens with two attached hydrogens (primary N) is 1. The van der Waals surface area contributed by atoms with Gasteiger partial charge in [-0.2, -0.15) is 5.10 Å². The molecule has 0 aliphatic rings. The second kappa shape index (κ2) is 7.38. The fraction of sp³-hybridized carbons (Fsp3) is 0.643. The Kier molecular flexibility index (Phi) is 6.15. The Morgan fingerprint density at radius 1 is 1.16 bits per heavy atom. The molecule has 3 N–H and O–H groups in total. The number of anilines is 1. The lowest BCUT2D eigenvalue weighted by molar-refractivity contribution is 0.664. The van der Waals surface area contributed by atoms with Crippen LogP contribution in [0, 0.1) is 0 Å². The van der Waals surface area contributed by atoms with E-state index in [0.29, 0.717) is 11.0 Å². The molecule has 4 nitrogen and oxygen atoms in total. The number of aromatic nitrogens is 2. The Bertz CT molecular complexity index is 441. The first kappa shape index (κ1) is 15.8. The van der Waals surface area contributed by atoms with Crippen LogP contribution in [0.5, 0.6) is 0 Å². The van der Waals surface area contributed by atoms with Crippen molar-refractivity contribution in [2.24, 2.45) is 5.73 Å². The van der Waals surface area contributed by atoms with Crippen LogP contribution in [0.2, 0.25) is 0 Å². The first-order valence-electron chi connectivity index (χ1n) is 7.03. The van der Waals surface area contributed by atoms with Gasteiger partial charge in [-0.3, -0.25) is 0 Å². The topological polar surface area (TPSA) is 63.8 Å². The van der Waals surface area contributed by atoms with E-state index in [1.54, 1.807) is 0 Å². The van der Waals surface area contributed by atoms with E-state index in [4.69, 9.17) is 18.0 Å². The molecule has 106 valence electrons. The summed E-state index contributed by atoms with van der Waals surface area (Å²) in [6.45, 7) is 8.46. The molecule has 0 amide bonds. The quantitative estimate of drug-likeness (QED) is 0.752. The van der Waals surface area contributed by atoms with Crippen molar-refractivity contribution in [3.63, 3.8) is 0 Å². The van der Waals surface area contributed by atoms with Crippen LogP contribution < -0.4 is 11.1 Å². The maximum absolute atomic E-state index is 5.90. The zero-order valence-electron chi connectivity index (χ0n) is 12.3. The number of nitrogens with zero attached hydrogens (tertiary/aromatic N) is 2. The molecule has 19 heavy (non-hydrogen) atoms. The molecule has 0 saturated carbocycles. The van der Waals surface area contributed by atoms with Gasteiger partial charge in [0.2, 0.25) is 0 Å². The Balaban J connectivity index is 3.28. The average Bonchev–Trinajstić information content (AvgIpc) is 2.43. The monoisotopic (exact) mass is 280 g/mol. The van der Waals surface area contributed by atoms with Gasteiger partial charge >= 0.3 is 0 Å². The Labute approximate surface area is 121 Å². The highest BCUT2D eigenvalue weighted by Gasteiger charge is 2.18. The highest BCUT2D eigenvalue weighted by atomic mass is 32.1. The van der Waals surface area contributed by atoms with Gasteiger partial charge in [0.15, 0.2) is 5.82 Å². The normalized spacial score (nSPS) is 10.8. The minimum absolute atomic E-state index is 0.375. The maximum atomic E-state index is 5.90. The van der Waals surface area contributed by atoms with Crippen molar-refractivity contribution >= 4 is 23.0 Å². The van der Waals surface area contributed by atoms with Crippen LogP contribution in [-0.4, -0.2) is 21.2 Å². The summed E-state index contributed by atoms with van der Waals surface area (Å²) in [6, 6.07) is 0.375. The molecule has 0 radical (unpaired) electrons. The summed E-state index contributed by atoms with van der Waals surface area (Å²) >= 11 is 5.21. The molecule has 1 rings (SSSR count). The van der Waals surface area contributed by atoms with E-state index in [1.807, 2.05) is 0 Å². The average molecular weight is 280 g/mol. The zero-order valence-corrected chi connectivity index (χ0v) is 13.1. The van der Waals surface area contributed by atoms with Gasteiger partial charge in [0.1, 0.15) is 4.99 Å². The minimum atomic E-state index is 0.375. The lowest BCUT2D eigenvalue weighted by atomic mass is 10.0. The smallest absolute Gasteiger partial charge is 0.159 e. The van der Waals surface area contributed by atoms with Gasteiger partial charge in [-0.15, -0.1) is 5.10 Å². The largest absolute Gasteiger partial charge is 0.389 e. The van der Waals surface area contributed by atoms with Crippen LogP contribution in [0.1, 0.15) is 57.4 Å². The summed E-state index contributed by atoms with van der Waals surface area (Å²) in [5, 5.41) is 12.0. The summed E-state index contributed by atoms with van der Waals surface area (Å²) in [5.74, 6) is 0.732. The molecule has 0 spiro atoms. The number of thiocarbonyl (C=S) groups is 1. The Morgan fingerprint density at radius 3 is 2.21 bits per heavy atom. The molecule has 0 fully saturated rings. The molecule has 0 saturated heterocycles. The van der Waals surface area contributed by atoms with Gasteiger partial charge in [-0.1, -0.05) is 39.9 Å². The van der Waals surface area contributed by atoms with E-state index in [0.717, 1.165) is 48.3 Å². The summed E-state index contributed by atoms with van der Waals surface area (Å²) < 4.78 is 0. The Morgan fingerprint density at radius 2 is 1.79 bits per heavy atom. The molecular weight excluding hydrogens is 256 g/mol. The van der Waals surface area contributed by atoms with E-state index in [-0.39, 0.29) is 0 Å². The molecule has 1 aromatic heterocycles. The molecular formula is C14H24N4S. The van der Waals surface area contributed by atoms with Crippen LogP contribution >= 0.6 is 12.2 Å². The summed E-state index contributed by atoms with van der Waals surface area (Å²) in [5.41, 5.74) is 8.88. The van der Waals surface area contributed by atoms with E-state index < -0.39 is 0 Å². The molecule has 1 heterocycles. The highest BCUT2D eigenvalue weighted by Crippen LogP contribution is 2.22. The molecule has 0 aromatic carbocycles. The van der Waals surface area contributed by atoms with Crippen molar-refractivity contribution in [2.45, 2.75) is 59.4 Å². The fourth-order valence-electron chi connectivity index (χ4n) is 2.23. The lowest BCUT2D eigenvalue weighted by Crippen LogP contribution is -2.24. The van der Waals surface area contributed by atoms with Crippen LogP contribution in [0.3, 0.4) is 0 Å². The molecule has 5 heteroatoms. The van der Waals surface area contributed by atoms with Crippen LogP contribution in [-0.2, 0) is 12.8 Å². The molecule has 0 unspecified atom stereocenters. The molecule has 0 atom stereocenters. The molecule has 0 bridgehead atoms. The van der Waals surface area contributed by atoms with Crippen molar-refractivity contribution in [3.05, 3.63) is 16.8 Å². The van der Waals surface area contributed by atoms with Crippen LogP contribution in [0.25, 0.3) is 0 Å². The fourth-order valence-corrected chi connectivity index (χ4v) is 2.45. The molecule has 0 aliphatic carbocycles. The van der Waals surface area contributed by atoms with E-state index in [2.05, 4.69) is 43.2 Å². The summed E-state index contributed by atoms with van der Waals surface area (Å²) in [7, 11) is 0. The zero-order chi connectivity index (χ0) is 14.4. The van der Waals surface area contributed by atoms with Gasteiger partial charge < -0.3 is 11.1 Å². The van der Waals surface area contributed by atoms with Crippen molar-refractivity contribution in [2.75, 3.05) is 5.32 Å². The predicted molar refractivity (Wildman–Crippen MR) is 84.7 cm³/mol. The number of hydrogen-bond acceptors (Lipinski definition) is 4. The van der Waals surface area contributed by atoms with Crippen LogP contribution in [0.4, 0.5) is 5.82 Å². The third-order valence-corrected chi connectivity index (χ3v) is 3.62. The van der Waals surface area contributed by atoms with Crippen molar-refractivity contribution < 1.29 is 0 Å².